The van der Waals surface area contributed by atoms with Crippen LogP contribution in [0.1, 0.15) is 33.1 Å². The van der Waals surface area contributed by atoms with Gasteiger partial charge in [0, 0.05) is 13.1 Å². The topological polar surface area (TPSA) is 67.2 Å². The molecule has 20 heavy (non-hydrogen) atoms. The second-order valence-corrected chi connectivity index (χ2v) is 6.37. The van der Waals surface area contributed by atoms with Crippen molar-refractivity contribution >= 4 is 17.3 Å². The Morgan fingerprint density at radius 1 is 1.55 bits per heavy atom. The highest BCUT2D eigenvalue weighted by molar-refractivity contribution is 6.32. The number of anilines is 1. The molecule has 0 aromatic carbocycles. The van der Waals surface area contributed by atoms with Gasteiger partial charge in [0.2, 0.25) is 0 Å². The van der Waals surface area contributed by atoms with Crippen LogP contribution < -0.4 is 10.9 Å². The second kappa shape index (κ2) is 6.59. The van der Waals surface area contributed by atoms with E-state index in [2.05, 4.69) is 10.4 Å². The van der Waals surface area contributed by atoms with Crippen molar-refractivity contribution in [2.75, 3.05) is 11.9 Å². The Morgan fingerprint density at radius 2 is 2.25 bits per heavy atom. The molecule has 6 heteroatoms. The zero-order valence-electron chi connectivity index (χ0n) is 12.0. The fourth-order valence-corrected chi connectivity index (χ4v) is 2.34. The van der Waals surface area contributed by atoms with Gasteiger partial charge in [0.05, 0.1) is 17.3 Å². The predicted octanol–water partition coefficient (Wildman–Crippen LogP) is 2.13. The molecule has 1 unspecified atom stereocenters. The van der Waals surface area contributed by atoms with E-state index in [1.807, 2.05) is 13.8 Å². The molecule has 1 atom stereocenters. The van der Waals surface area contributed by atoms with E-state index in [1.54, 1.807) is 0 Å². The van der Waals surface area contributed by atoms with Crippen molar-refractivity contribution in [3.05, 3.63) is 21.6 Å². The average molecular weight is 300 g/mol. The number of hydrogen-bond acceptors (Lipinski definition) is 4. The van der Waals surface area contributed by atoms with Crippen LogP contribution in [0.15, 0.2) is 11.0 Å². The maximum absolute atomic E-state index is 12.3. The van der Waals surface area contributed by atoms with Gasteiger partial charge in [-0.3, -0.25) is 4.79 Å². The number of rotatable bonds is 7. The molecule has 2 N–H and O–H groups in total. The van der Waals surface area contributed by atoms with E-state index < -0.39 is 6.10 Å². The van der Waals surface area contributed by atoms with Crippen molar-refractivity contribution in [2.24, 2.45) is 11.8 Å². The lowest BCUT2D eigenvalue weighted by molar-refractivity contribution is 0.161. The first kappa shape index (κ1) is 15.3. The quantitative estimate of drug-likeness (QED) is 0.809. The van der Waals surface area contributed by atoms with Gasteiger partial charge in [-0.05, 0) is 31.1 Å². The number of nitrogens with one attached hydrogen (secondary N) is 1. The first-order valence-corrected chi connectivity index (χ1v) is 7.52. The van der Waals surface area contributed by atoms with E-state index in [0.717, 1.165) is 12.8 Å². The SMILES string of the molecule is CC(C)CC(O)CNc1c(Cl)cnn(CC2CC2)c1=O. The van der Waals surface area contributed by atoms with Gasteiger partial charge >= 0.3 is 0 Å². The number of aliphatic hydroxyl groups is 1. The molecule has 1 aliphatic rings. The van der Waals surface area contributed by atoms with Crippen LogP contribution in [0.25, 0.3) is 0 Å². The molecule has 2 rings (SSSR count). The monoisotopic (exact) mass is 299 g/mol. The second-order valence-electron chi connectivity index (χ2n) is 5.96. The molecule has 1 aromatic heterocycles. The van der Waals surface area contributed by atoms with Crippen molar-refractivity contribution < 1.29 is 5.11 Å². The molecule has 1 fully saturated rings. The van der Waals surface area contributed by atoms with Crippen LogP contribution in [-0.2, 0) is 6.54 Å². The van der Waals surface area contributed by atoms with Crippen molar-refractivity contribution in [3.63, 3.8) is 0 Å². The third kappa shape index (κ3) is 4.21. The van der Waals surface area contributed by atoms with Gasteiger partial charge in [-0.25, -0.2) is 4.68 Å². The number of nitrogens with zero attached hydrogens (tertiary/aromatic N) is 2. The maximum Gasteiger partial charge on any atom is 0.291 e. The number of halogens is 1. The van der Waals surface area contributed by atoms with Gasteiger partial charge in [0.25, 0.3) is 5.56 Å². The van der Waals surface area contributed by atoms with E-state index in [0.29, 0.717) is 42.1 Å². The summed E-state index contributed by atoms with van der Waals surface area (Å²) < 4.78 is 1.46. The molecule has 0 spiro atoms. The Labute approximate surface area is 124 Å². The minimum Gasteiger partial charge on any atom is -0.391 e. The molecule has 1 aliphatic carbocycles. The molecule has 0 bridgehead atoms. The number of aliphatic hydroxyl groups excluding tert-OH is 1. The van der Waals surface area contributed by atoms with Gasteiger partial charge < -0.3 is 10.4 Å². The summed E-state index contributed by atoms with van der Waals surface area (Å²) >= 11 is 6.02. The summed E-state index contributed by atoms with van der Waals surface area (Å²) in [6.45, 7) is 5.07. The van der Waals surface area contributed by atoms with Gasteiger partial charge in [-0.15, -0.1) is 0 Å². The van der Waals surface area contributed by atoms with Crippen molar-refractivity contribution in [3.8, 4) is 0 Å². The molecule has 5 nitrogen and oxygen atoms in total. The van der Waals surface area contributed by atoms with Gasteiger partial charge in [-0.2, -0.15) is 5.10 Å². The number of hydrogen-bond donors (Lipinski definition) is 2. The fourth-order valence-electron chi connectivity index (χ4n) is 2.15. The first-order valence-electron chi connectivity index (χ1n) is 7.15. The summed E-state index contributed by atoms with van der Waals surface area (Å²) in [5.74, 6) is 0.979. The Bertz CT molecular complexity index is 512. The standard InChI is InChI=1S/C14H22ClN3O2/c1-9(2)5-11(19)6-16-13-12(15)7-17-18(14(13)20)8-10-3-4-10/h7,9-11,16,19H,3-6,8H2,1-2H3. The molecule has 0 radical (unpaired) electrons. The lowest BCUT2D eigenvalue weighted by atomic mass is 10.1. The fraction of sp³-hybridized carbons (Fsp3) is 0.714. The van der Waals surface area contributed by atoms with Crippen LogP contribution in [-0.4, -0.2) is 27.5 Å². The maximum atomic E-state index is 12.3. The minimum absolute atomic E-state index is 0.207. The average Bonchev–Trinajstić information content (AvgIpc) is 3.16. The first-order chi connectivity index (χ1) is 9.47. The van der Waals surface area contributed by atoms with E-state index >= 15 is 0 Å². The smallest absolute Gasteiger partial charge is 0.291 e. The summed E-state index contributed by atoms with van der Waals surface area (Å²) in [6.07, 6.45) is 4.00. The summed E-state index contributed by atoms with van der Waals surface area (Å²) in [4.78, 5) is 12.3. The van der Waals surface area contributed by atoms with Crippen LogP contribution in [0.4, 0.5) is 5.69 Å². The van der Waals surface area contributed by atoms with Crippen LogP contribution >= 0.6 is 11.6 Å². The van der Waals surface area contributed by atoms with Crippen LogP contribution in [0.2, 0.25) is 5.02 Å². The molecule has 1 heterocycles. The summed E-state index contributed by atoms with van der Waals surface area (Å²) in [5.41, 5.74) is 0.131. The van der Waals surface area contributed by atoms with Crippen LogP contribution in [0.5, 0.6) is 0 Å². The Morgan fingerprint density at radius 3 is 2.85 bits per heavy atom. The van der Waals surface area contributed by atoms with E-state index in [-0.39, 0.29) is 5.56 Å². The number of aromatic nitrogens is 2. The highest BCUT2D eigenvalue weighted by Gasteiger charge is 2.23. The Kier molecular flexibility index (Phi) is 5.05. The molecule has 112 valence electrons. The largest absolute Gasteiger partial charge is 0.391 e. The molecular formula is C14H22ClN3O2. The summed E-state index contributed by atoms with van der Waals surface area (Å²) in [6, 6.07) is 0. The molecular weight excluding hydrogens is 278 g/mol. The predicted molar refractivity (Wildman–Crippen MR) is 80.2 cm³/mol. The Hall–Kier alpha value is -1.07. The molecule has 0 aliphatic heterocycles. The molecule has 0 saturated heterocycles. The normalized spacial score (nSPS) is 16.4. The Balaban J connectivity index is 2.04. The van der Waals surface area contributed by atoms with E-state index in [1.165, 1.54) is 10.9 Å². The lowest BCUT2D eigenvalue weighted by Gasteiger charge is -2.15. The molecule has 0 amide bonds. The van der Waals surface area contributed by atoms with Gasteiger partial charge in [-0.1, -0.05) is 25.4 Å². The zero-order valence-corrected chi connectivity index (χ0v) is 12.7. The van der Waals surface area contributed by atoms with Crippen molar-refractivity contribution in [1.29, 1.82) is 0 Å². The minimum atomic E-state index is -0.490. The lowest BCUT2D eigenvalue weighted by Crippen LogP contribution is -2.29. The van der Waals surface area contributed by atoms with Crippen molar-refractivity contribution in [2.45, 2.75) is 45.8 Å². The highest BCUT2D eigenvalue weighted by atomic mass is 35.5. The van der Waals surface area contributed by atoms with Crippen LogP contribution in [0, 0.1) is 11.8 Å². The van der Waals surface area contributed by atoms with E-state index in [9.17, 15) is 9.90 Å². The van der Waals surface area contributed by atoms with Crippen molar-refractivity contribution in [1.82, 2.24) is 9.78 Å². The van der Waals surface area contributed by atoms with Crippen LogP contribution in [0.3, 0.4) is 0 Å². The molecule has 1 aromatic rings. The molecule has 1 saturated carbocycles. The zero-order chi connectivity index (χ0) is 14.7. The summed E-state index contributed by atoms with van der Waals surface area (Å²) in [5, 5.41) is 17.2. The third-order valence-corrected chi connectivity index (χ3v) is 3.67. The van der Waals surface area contributed by atoms with E-state index in [4.69, 9.17) is 11.6 Å². The van der Waals surface area contributed by atoms with Gasteiger partial charge in [0.15, 0.2) is 0 Å². The third-order valence-electron chi connectivity index (χ3n) is 3.38. The summed E-state index contributed by atoms with van der Waals surface area (Å²) in [7, 11) is 0. The highest BCUT2D eigenvalue weighted by Crippen LogP contribution is 2.30. The van der Waals surface area contributed by atoms with Gasteiger partial charge in [0.1, 0.15) is 5.69 Å².